The number of H-pyrrole nitrogens is 1. The van der Waals surface area contributed by atoms with Gasteiger partial charge >= 0.3 is 5.69 Å². The average molecular weight is 266 g/mol. The Bertz CT molecular complexity index is 612. The van der Waals surface area contributed by atoms with Crippen LogP contribution in [0, 0.1) is 19.5 Å². The first-order valence-corrected chi connectivity index (χ1v) is 5.76. The van der Waals surface area contributed by atoms with E-state index in [2.05, 4.69) is 4.98 Å². The van der Waals surface area contributed by atoms with Gasteiger partial charge in [-0.1, -0.05) is 6.42 Å². The minimum absolute atomic E-state index is 0.264. The molecule has 3 atom stereocenters. The van der Waals surface area contributed by atoms with Gasteiger partial charge in [0.2, 0.25) is 0 Å². The van der Waals surface area contributed by atoms with E-state index < -0.39 is 29.7 Å². The van der Waals surface area contributed by atoms with Gasteiger partial charge in [0.15, 0.2) is 0 Å². The summed E-state index contributed by atoms with van der Waals surface area (Å²) in [4.78, 5) is 25.2. The van der Waals surface area contributed by atoms with Gasteiger partial charge in [0.1, 0.15) is 24.5 Å². The molecule has 1 unspecified atom stereocenters. The Labute approximate surface area is 108 Å². The molecule has 0 spiro atoms. The lowest BCUT2D eigenvalue weighted by Crippen LogP contribution is -2.33. The van der Waals surface area contributed by atoms with E-state index in [-0.39, 0.29) is 6.61 Å². The molecule has 2 heterocycles. The smallest absolute Gasteiger partial charge is 0.330 e. The number of aliphatic hydroxyl groups is 1. The van der Waals surface area contributed by atoms with Crippen molar-refractivity contribution in [3.8, 4) is 12.5 Å². The molecule has 7 heteroatoms. The second-order valence-electron chi connectivity index (χ2n) is 4.30. The number of aromatic nitrogens is 2. The number of terminal acetylenes is 1. The maximum Gasteiger partial charge on any atom is 0.330 e. The lowest BCUT2D eigenvalue weighted by atomic mass is 10.2. The van der Waals surface area contributed by atoms with Gasteiger partial charge in [-0.3, -0.25) is 14.3 Å². The molecule has 1 aromatic heterocycles. The van der Waals surface area contributed by atoms with Crippen molar-refractivity contribution < 1.29 is 14.6 Å². The van der Waals surface area contributed by atoms with E-state index in [0.717, 1.165) is 0 Å². The second-order valence-corrected chi connectivity index (χ2v) is 4.30. The highest BCUT2D eigenvalue weighted by Crippen LogP contribution is 2.29. The van der Waals surface area contributed by atoms with E-state index in [0.29, 0.717) is 12.0 Å². The minimum Gasteiger partial charge on any atom is -0.440 e. The maximum atomic E-state index is 11.7. The van der Waals surface area contributed by atoms with Gasteiger partial charge in [0.25, 0.3) is 5.56 Å². The number of hydrogen-bond acceptors (Lipinski definition) is 5. The molecule has 19 heavy (non-hydrogen) atoms. The zero-order valence-corrected chi connectivity index (χ0v) is 10.3. The fraction of sp³-hybridized carbons (Fsp3) is 0.500. The Morgan fingerprint density at radius 1 is 1.68 bits per heavy atom. The number of nitrogens with one attached hydrogen (secondary N) is 1. The first-order valence-electron chi connectivity index (χ1n) is 5.76. The summed E-state index contributed by atoms with van der Waals surface area (Å²) in [7, 11) is 0. The second kappa shape index (κ2) is 5.30. The van der Waals surface area contributed by atoms with Crippen LogP contribution in [-0.2, 0) is 9.47 Å². The topological polar surface area (TPSA) is 93.6 Å². The van der Waals surface area contributed by atoms with Crippen LogP contribution in [0.25, 0.3) is 0 Å². The molecule has 7 nitrogen and oxygen atoms in total. The third-order valence-corrected chi connectivity index (χ3v) is 3.04. The van der Waals surface area contributed by atoms with Gasteiger partial charge < -0.3 is 14.6 Å². The standard InChI is InChI=1S/C12H14N2O5/c1-3-18-8-4-10(19-9(8)6-15)14-5-7(2)11(16)13-12(14)17/h1,5,8-10,15H,4,6H2,2H3,(H,13,16,17)/t8?,9-,10-/m1/s1. The zero-order valence-electron chi connectivity index (χ0n) is 10.3. The van der Waals surface area contributed by atoms with E-state index in [9.17, 15) is 14.7 Å². The summed E-state index contributed by atoms with van der Waals surface area (Å²) in [5.74, 6) is 0. The van der Waals surface area contributed by atoms with E-state index in [4.69, 9.17) is 15.9 Å². The molecule has 2 rings (SSSR count). The fourth-order valence-corrected chi connectivity index (χ4v) is 2.05. The molecule has 1 fully saturated rings. The lowest BCUT2D eigenvalue weighted by Gasteiger charge is -2.14. The number of nitrogens with zero attached hydrogens (tertiary/aromatic N) is 1. The summed E-state index contributed by atoms with van der Waals surface area (Å²) in [6.45, 7) is 1.32. The van der Waals surface area contributed by atoms with Crippen LogP contribution >= 0.6 is 0 Å². The molecule has 1 aliphatic heterocycles. The van der Waals surface area contributed by atoms with Crippen molar-refractivity contribution in [2.45, 2.75) is 31.8 Å². The predicted octanol–water partition coefficient (Wildman–Crippen LogP) is -0.899. The molecule has 1 saturated heterocycles. The van der Waals surface area contributed by atoms with Gasteiger partial charge in [-0.2, -0.15) is 0 Å². The average Bonchev–Trinajstić information content (AvgIpc) is 2.77. The van der Waals surface area contributed by atoms with Crippen LogP contribution < -0.4 is 11.2 Å². The van der Waals surface area contributed by atoms with Crippen molar-refractivity contribution in [2.24, 2.45) is 0 Å². The fourth-order valence-electron chi connectivity index (χ4n) is 2.05. The van der Waals surface area contributed by atoms with Gasteiger partial charge in [-0.25, -0.2) is 4.79 Å². The summed E-state index contributed by atoms with van der Waals surface area (Å²) >= 11 is 0. The first-order chi connectivity index (χ1) is 9.06. The number of ether oxygens (including phenoxy) is 2. The van der Waals surface area contributed by atoms with Crippen molar-refractivity contribution in [1.29, 1.82) is 0 Å². The number of hydrogen-bond donors (Lipinski definition) is 2. The Morgan fingerprint density at radius 3 is 3.05 bits per heavy atom. The van der Waals surface area contributed by atoms with Gasteiger partial charge in [0.05, 0.1) is 6.61 Å². The van der Waals surface area contributed by atoms with Crippen molar-refractivity contribution in [3.05, 3.63) is 32.6 Å². The molecule has 0 radical (unpaired) electrons. The summed E-state index contributed by atoms with van der Waals surface area (Å²) < 4.78 is 11.8. The van der Waals surface area contributed by atoms with Crippen molar-refractivity contribution >= 4 is 0 Å². The highest BCUT2D eigenvalue weighted by atomic mass is 16.6. The van der Waals surface area contributed by atoms with Gasteiger partial charge in [-0.05, 0) is 6.92 Å². The maximum absolute atomic E-state index is 11.7. The molecule has 0 aliphatic carbocycles. The predicted molar refractivity (Wildman–Crippen MR) is 65.4 cm³/mol. The summed E-state index contributed by atoms with van der Waals surface area (Å²) in [6.07, 6.45) is 7.13. The molecule has 1 aromatic rings. The zero-order chi connectivity index (χ0) is 14.0. The number of aryl methyl sites for hydroxylation is 1. The van der Waals surface area contributed by atoms with Crippen molar-refractivity contribution in [2.75, 3.05) is 6.61 Å². The molecule has 0 amide bonds. The summed E-state index contributed by atoms with van der Waals surface area (Å²) in [6, 6.07) is 0. The van der Waals surface area contributed by atoms with Crippen LogP contribution in [0.3, 0.4) is 0 Å². The van der Waals surface area contributed by atoms with Crippen molar-refractivity contribution in [1.82, 2.24) is 9.55 Å². The van der Waals surface area contributed by atoms with Crippen LogP contribution in [0.5, 0.6) is 0 Å². The number of aliphatic hydroxyl groups excluding tert-OH is 1. The van der Waals surface area contributed by atoms with E-state index in [1.54, 1.807) is 6.92 Å². The van der Waals surface area contributed by atoms with Crippen LogP contribution in [-0.4, -0.2) is 33.5 Å². The quantitative estimate of drug-likeness (QED) is 0.692. The summed E-state index contributed by atoms with van der Waals surface area (Å²) in [5.41, 5.74) is -0.613. The van der Waals surface area contributed by atoms with Crippen LogP contribution in [0.1, 0.15) is 18.2 Å². The van der Waals surface area contributed by atoms with Crippen LogP contribution in [0.4, 0.5) is 0 Å². The van der Waals surface area contributed by atoms with E-state index in [1.165, 1.54) is 10.8 Å². The normalized spacial score (nSPS) is 26.1. The Hall–Kier alpha value is -2.04. The molecule has 0 saturated carbocycles. The molecule has 1 aliphatic rings. The largest absolute Gasteiger partial charge is 0.440 e. The highest BCUT2D eigenvalue weighted by Gasteiger charge is 2.37. The molecule has 2 N–H and O–H groups in total. The Kier molecular flexibility index (Phi) is 3.74. The van der Waals surface area contributed by atoms with Gasteiger partial charge in [0, 0.05) is 18.2 Å². The third-order valence-electron chi connectivity index (χ3n) is 3.04. The number of rotatable bonds is 3. The SMILES string of the molecule is C#COC1C[C@H](n2cc(C)c(=O)[nH]c2=O)O[C@@H]1CO. The Balaban J connectivity index is 2.30. The summed E-state index contributed by atoms with van der Waals surface area (Å²) in [5, 5.41) is 9.18. The molecule has 0 aromatic carbocycles. The van der Waals surface area contributed by atoms with E-state index in [1.807, 2.05) is 6.11 Å². The van der Waals surface area contributed by atoms with E-state index >= 15 is 0 Å². The van der Waals surface area contributed by atoms with Gasteiger partial charge in [-0.15, -0.1) is 0 Å². The van der Waals surface area contributed by atoms with Crippen LogP contribution in [0.2, 0.25) is 0 Å². The molecule has 0 bridgehead atoms. The monoisotopic (exact) mass is 266 g/mol. The highest BCUT2D eigenvalue weighted by molar-refractivity contribution is 5.02. The third kappa shape index (κ3) is 2.54. The lowest BCUT2D eigenvalue weighted by molar-refractivity contribution is -0.0458. The van der Waals surface area contributed by atoms with Crippen molar-refractivity contribution in [3.63, 3.8) is 0 Å². The number of aromatic amines is 1. The molecular formula is C12H14N2O5. The minimum atomic E-state index is -0.626. The van der Waals surface area contributed by atoms with Crippen LogP contribution in [0.15, 0.2) is 15.8 Å². The first kappa shape index (κ1) is 13.4. The molecular weight excluding hydrogens is 252 g/mol. The molecule has 102 valence electrons. The Morgan fingerprint density at radius 2 is 2.42 bits per heavy atom.